The Morgan fingerprint density at radius 1 is 1.04 bits per heavy atom. The number of carbonyl (C=O) groups is 1. The van der Waals surface area contributed by atoms with E-state index in [1.54, 1.807) is 12.3 Å². The zero-order valence-corrected chi connectivity index (χ0v) is 16.1. The Morgan fingerprint density at radius 3 is 2.43 bits per heavy atom. The van der Waals surface area contributed by atoms with Gasteiger partial charge < -0.3 is 15.4 Å². The third-order valence-electron chi connectivity index (χ3n) is 3.69. The minimum atomic E-state index is -0.544. The molecule has 3 aromatic rings. The van der Waals surface area contributed by atoms with E-state index in [1.807, 2.05) is 38.1 Å². The molecule has 144 valence electrons. The third-order valence-corrected chi connectivity index (χ3v) is 3.98. The molecule has 0 spiro atoms. The average Bonchev–Trinajstić information content (AvgIpc) is 2.66. The zero-order valence-electron chi connectivity index (χ0n) is 15.4. The van der Waals surface area contributed by atoms with Crippen molar-refractivity contribution in [3.63, 3.8) is 0 Å². The second kappa shape index (κ2) is 8.71. The van der Waals surface area contributed by atoms with Crippen LogP contribution < -0.4 is 15.4 Å². The number of aromatic nitrogens is 1. The normalized spacial score (nSPS) is 10.6. The molecule has 3 rings (SSSR count). The SMILES string of the molecule is CC(C)Oc1ccc(Nc2cncc(C(=O)Nc3ccc(F)c(Cl)c3)c2)cc1. The maximum Gasteiger partial charge on any atom is 0.257 e. The second-order valence-electron chi connectivity index (χ2n) is 6.36. The fraction of sp³-hybridized carbons (Fsp3) is 0.143. The number of pyridine rings is 1. The number of nitrogens with zero attached hydrogens (tertiary/aromatic N) is 1. The van der Waals surface area contributed by atoms with Gasteiger partial charge in [0.2, 0.25) is 0 Å². The largest absolute Gasteiger partial charge is 0.491 e. The van der Waals surface area contributed by atoms with Gasteiger partial charge in [0.05, 0.1) is 28.6 Å². The van der Waals surface area contributed by atoms with Crippen molar-refractivity contribution in [2.45, 2.75) is 20.0 Å². The summed E-state index contributed by atoms with van der Waals surface area (Å²) in [6.45, 7) is 3.93. The second-order valence-corrected chi connectivity index (χ2v) is 6.77. The number of nitrogens with one attached hydrogen (secondary N) is 2. The predicted molar refractivity (Wildman–Crippen MR) is 109 cm³/mol. The molecule has 0 atom stereocenters. The first-order chi connectivity index (χ1) is 13.4. The fourth-order valence-corrected chi connectivity index (χ4v) is 2.65. The third kappa shape index (κ3) is 5.20. The van der Waals surface area contributed by atoms with Crippen LogP contribution in [0.5, 0.6) is 5.75 Å². The summed E-state index contributed by atoms with van der Waals surface area (Å²) in [5.41, 5.74) is 2.24. The number of anilines is 3. The molecule has 1 amide bonds. The highest BCUT2D eigenvalue weighted by molar-refractivity contribution is 6.31. The molecule has 1 aromatic heterocycles. The van der Waals surface area contributed by atoms with Gasteiger partial charge in [0, 0.05) is 17.6 Å². The lowest BCUT2D eigenvalue weighted by Gasteiger charge is -2.11. The Bertz CT molecular complexity index is 978. The minimum Gasteiger partial charge on any atom is -0.491 e. The molecule has 2 aromatic carbocycles. The molecule has 7 heteroatoms. The minimum absolute atomic E-state index is 0.0590. The van der Waals surface area contributed by atoms with Gasteiger partial charge in [0.25, 0.3) is 5.91 Å². The van der Waals surface area contributed by atoms with Gasteiger partial charge in [-0.1, -0.05) is 11.6 Å². The first-order valence-corrected chi connectivity index (χ1v) is 9.04. The van der Waals surface area contributed by atoms with Crippen LogP contribution in [-0.4, -0.2) is 17.0 Å². The summed E-state index contributed by atoms with van der Waals surface area (Å²) in [6.07, 6.45) is 3.17. The van der Waals surface area contributed by atoms with Crippen LogP contribution in [-0.2, 0) is 0 Å². The molecule has 0 bridgehead atoms. The topological polar surface area (TPSA) is 63.2 Å². The van der Waals surface area contributed by atoms with Crippen molar-refractivity contribution < 1.29 is 13.9 Å². The first kappa shape index (κ1) is 19.6. The van der Waals surface area contributed by atoms with Crippen molar-refractivity contribution in [2.75, 3.05) is 10.6 Å². The van der Waals surface area contributed by atoms with Gasteiger partial charge in [-0.15, -0.1) is 0 Å². The molecule has 0 saturated heterocycles. The summed E-state index contributed by atoms with van der Waals surface area (Å²) >= 11 is 5.74. The molecular weight excluding hydrogens is 381 g/mol. The van der Waals surface area contributed by atoms with E-state index in [0.29, 0.717) is 16.9 Å². The Hall–Kier alpha value is -3.12. The number of carbonyl (C=O) groups excluding carboxylic acids is 1. The first-order valence-electron chi connectivity index (χ1n) is 8.66. The van der Waals surface area contributed by atoms with Crippen LogP contribution in [0.4, 0.5) is 21.5 Å². The molecule has 0 aliphatic rings. The molecule has 0 unspecified atom stereocenters. The highest BCUT2D eigenvalue weighted by Crippen LogP contribution is 2.22. The van der Waals surface area contributed by atoms with Crippen LogP contribution in [0.3, 0.4) is 0 Å². The van der Waals surface area contributed by atoms with E-state index in [2.05, 4.69) is 15.6 Å². The predicted octanol–water partition coefficient (Wildman–Crippen LogP) is 5.66. The van der Waals surface area contributed by atoms with Gasteiger partial charge in [-0.25, -0.2) is 4.39 Å². The van der Waals surface area contributed by atoms with Gasteiger partial charge in [-0.05, 0) is 62.4 Å². The molecule has 0 fully saturated rings. The number of hydrogen-bond donors (Lipinski definition) is 2. The molecule has 0 saturated carbocycles. The highest BCUT2D eigenvalue weighted by Gasteiger charge is 2.09. The van der Waals surface area contributed by atoms with E-state index < -0.39 is 5.82 Å². The summed E-state index contributed by atoms with van der Waals surface area (Å²) in [5.74, 6) is -0.137. The summed E-state index contributed by atoms with van der Waals surface area (Å²) in [5, 5.41) is 5.80. The van der Waals surface area contributed by atoms with Crippen molar-refractivity contribution in [1.29, 1.82) is 0 Å². The zero-order chi connectivity index (χ0) is 20.1. The van der Waals surface area contributed by atoms with E-state index in [-0.39, 0.29) is 17.0 Å². The maximum absolute atomic E-state index is 13.2. The number of halogens is 2. The lowest BCUT2D eigenvalue weighted by atomic mass is 10.2. The number of hydrogen-bond acceptors (Lipinski definition) is 4. The van der Waals surface area contributed by atoms with Crippen molar-refractivity contribution in [3.8, 4) is 5.75 Å². The maximum atomic E-state index is 13.2. The Labute approximate surface area is 167 Å². The van der Waals surface area contributed by atoms with Crippen molar-refractivity contribution in [1.82, 2.24) is 4.98 Å². The summed E-state index contributed by atoms with van der Waals surface area (Å²) in [7, 11) is 0. The highest BCUT2D eigenvalue weighted by atomic mass is 35.5. The Balaban J connectivity index is 1.69. The lowest BCUT2D eigenvalue weighted by molar-refractivity contribution is 0.102. The van der Waals surface area contributed by atoms with Gasteiger partial charge in [-0.2, -0.15) is 0 Å². The van der Waals surface area contributed by atoms with Gasteiger partial charge in [0.15, 0.2) is 0 Å². The number of rotatable bonds is 6. The lowest BCUT2D eigenvalue weighted by Crippen LogP contribution is -2.12. The van der Waals surface area contributed by atoms with E-state index >= 15 is 0 Å². The van der Waals surface area contributed by atoms with Crippen molar-refractivity contribution >= 4 is 34.6 Å². The summed E-state index contributed by atoms with van der Waals surface area (Å²) in [6, 6.07) is 13.2. The fourth-order valence-electron chi connectivity index (χ4n) is 2.47. The van der Waals surface area contributed by atoms with Crippen LogP contribution in [0.1, 0.15) is 24.2 Å². The molecule has 2 N–H and O–H groups in total. The van der Waals surface area contributed by atoms with Crippen LogP contribution in [0.25, 0.3) is 0 Å². The molecule has 0 radical (unpaired) electrons. The van der Waals surface area contributed by atoms with Crippen molar-refractivity contribution in [2.24, 2.45) is 0 Å². The molecule has 0 aliphatic heterocycles. The van der Waals surface area contributed by atoms with E-state index in [1.165, 1.54) is 24.4 Å². The number of ether oxygens (including phenoxy) is 1. The molecule has 0 aliphatic carbocycles. The van der Waals surface area contributed by atoms with Gasteiger partial charge in [-0.3, -0.25) is 9.78 Å². The smallest absolute Gasteiger partial charge is 0.257 e. The summed E-state index contributed by atoms with van der Waals surface area (Å²) < 4.78 is 18.9. The van der Waals surface area contributed by atoms with Crippen LogP contribution in [0.2, 0.25) is 5.02 Å². The average molecular weight is 400 g/mol. The van der Waals surface area contributed by atoms with E-state index in [0.717, 1.165) is 11.4 Å². The molecule has 1 heterocycles. The number of benzene rings is 2. The van der Waals surface area contributed by atoms with Crippen LogP contribution in [0, 0.1) is 5.82 Å². The molecule has 28 heavy (non-hydrogen) atoms. The Kier molecular flexibility index (Phi) is 6.11. The number of amides is 1. The van der Waals surface area contributed by atoms with E-state index in [9.17, 15) is 9.18 Å². The van der Waals surface area contributed by atoms with E-state index in [4.69, 9.17) is 16.3 Å². The van der Waals surface area contributed by atoms with Gasteiger partial charge in [0.1, 0.15) is 11.6 Å². The van der Waals surface area contributed by atoms with Crippen LogP contribution >= 0.6 is 11.6 Å². The van der Waals surface area contributed by atoms with Crippen LogP contribution in [0.15, 0.2) is 60.9 Å². The molecular formula is C21H19ClFN3O2. The summed E-state index contributed by atoms with van der Waals surface area (Å²) in [4.78, 5) is 16.5. The Morgan fingerprint density at radius 2 is 1.75 bits per heavy atom. The van der Waals surface area contributed by atoms with Gasteiger partial charge >= 0.3 is 0 Å². The quantitative estimate of drug-likeness (QED) is 0.561. The standard InChI is InChI=1S/C21H19ClFN3O2/c1-13(2)28-18-6-3-15(4-7-18)25-17-9-14(11-24-12-17)21(27)26-16-5-8-20(23)19(22)10-16/h3-13,25H,1-2H3,(H,26,27). The van der Waals surface area contributed by atoms with Crippen molar-refractivity contribution in [3.05, 3.63) is 77.3 Å². The monoisotopic (exact) mass is 399 g/mol. The molecule has 5 nitrogen and oxygen atoms in total.